The van der Waals surface area contributed by atoms with Crippen molar-refractivity contribution < 1.29 is 0 Å². The van der Waals surface area contributed by atoms with Gasteiger partial charge in [-0.25, -0.2) is 0 Å². The van der Waals surface area contributed by atoms with Crippen molar-refractivity contribution in [1.29, 1.82) is 0 Å². The first-order chi connectivity index (χ1) is 8.56. The molecule has 0 unspecified atom stereocenters. The van der Waals surface area contributed by atoms with Gasteiger partial charge in [-0.1, -0.05) is 84.0 Å². The molecular formula is C15H32Cl2Si. The van der Waals surface area contributed by atoms with E-state index in [0.29, 0.717) is 0 Å². The van der Waals surface area contributed by atoms with E-state index >= 15 is 0 Å². The Balaban J connectivity index is 2.99. The summed E-state index contributed by atoms with van der Waals surface area (Å²) in [6, 6.07) is 1.06. The van der Waals surface area contributed by atoms with E-state index in [4.69, 9.17) is 22.2 Å². The van der Waals surface area contributed by atoms with Gasteiger partial charge in [0.2, 0.25) is 6.69 Å². The smallest absolute Gasteiger partial charge is 0.146 e. The predicted octanol–water partition coefficient (Wildman–Crippen LogP) is 7.24. The molecule has 0 aromatic carbocycles. The standard InChI is InChI=1S/C15H32Cl2Si/c1-3-4-5-6-7-8-9-10-11-12-13-14-15-18(2,16)17/h3-15H2,1-2H3. The molecule has 0 heterocycles. The van der Waals surface area contributed by atoms with Crippen molar-refractivity contribution in [3.8, 4) is 0 Å². The molecule has 0 atom stereocenters. The van der Waals surface area contributed by atoms with Crippen LogP contribution in [0.2, 0.25) is 12.6 Å². The summed E-state index contributed by atoms with van der Waals surface area (Å²) in [6.07, 6.45) is 16.7. The quantitative estimate of drug-likeness (QED) is 0.191. The molecule has 0 aromatic heterocycles. The molecule has 18 heavy (non-hydrogen) atoms. The molecule has 0 aliphatic rings. The minimum absolute atomic E-state index is 1.06. The summed E-state index contributed by atoms with van der Waals surface area (Å²) in [5.41, 5.74) is 0. The molecule has 3 heteroatoms. The van der Waals surface area contributed by atoms with Gasteiger partial charge in [0.25, 0.3) is 0 Å². The second-order valence-electron chi connectivity index (χ2n) is 5.71. The Morgan fingerprint density at radius 1 is 0.611 bits per heavy atom. The van der Waals surface area contributed by atoms with Crippen molar-refractivity contribution in [2.45, 2.75) is 96.6 Å². The van der Waals surface area contributed by atoms with E-state index in [1.165, 1.54) is 77.0 Å². The van der Waals surface area contributed by atoms with Crippen LogP contribution in [0.15, 0.2) is 0 Å². The number of rotatable bonds is 13. The van der Waals surface area contributed by atoms with Crippen LogP contribution in [0.25, 0.3) is 0 Å². The first-order valence-electron chi connectivity index (χ1n) is 7.94. The number of halogens is 2. The van der Waals surface area contributed by atoms with Gasteiger partial charge in [-0.05, 0) is 12.6 Å². The van der Waals surface area contributed by atoms with Gasteiger partial charge in [-0.2, -0.15) is 0 Å². The molecule has 0 bridgehead atoms. The van der Waals surface area contributed by atoms with Crippen LogP contribution in [0.4, 0.5) is 0 Å². The Morgan fingerprint density at radius 3 is 1.28 bits per heavy atom. The average molecular weight is 311 g/mol. The molecular weight excluding hydrogens is 279 g/mol. The summed E-state index contributed by atoms with van der Waals surface area (Å²) < 4.78 is 0. The lowest BCUT2D eigenvalue weighted by Gasteiger charge is -2.09. The summed E-state index contributed by atoms with van der Waals surface area (Å²) in [7, 11) is 0. The van der Waals surface area contributed by atoms with Gasteiger partial charge in [0.1, 0.15) is 0 Å². The van der Waals surface area contributed by atoms with Crippen LogP contribution >= 0.6 is 22.2 Å². The summed E-state index contributed by atoms with van der Waals surface area (Å²) in [4.78, 5) is 0. The van der Waals surface area contributed by atoms with E-state index in [9.17, 15) is 0 Å². The minimum atomic E-state index is -1.81. The fourth-order valence-electron chi connectivity index (χ4n) is 2.28. The zero-order valence-electron chi connectivity index (χ0n) is 12.4. The van der Waals surface area contributed by atoms with Gasteiger partial charge in [0.05, 0.1) is 0 Å². The monoisotopic (exact) mass is 310 g/mol. The molecule has 0 saturated carbocycles. The van der Waals surface area contributed by atoms with Crippen LogP contribution in [0.1, 0.15) is 84.0 Å². The number of unbranched alkanes of at least 4 members (excludes halogenated alkanes) is 11. The maximum Gasteiger partial charge on any atom is 0.248 e. The second-order valence-corrected chi connectivity index (χ2v) is 13.9. The molecule has 0 fully saturated rings. The SMILES string of the molecule is CCCCCCCCCCCCCC[Si](C)(Cl)Cl. The van der Waals surface area contributed by atoms with Crippen molar-refractivity contribution in [2.75, 3.05) is 0 Å². The predicted molar refractivity (Wildman–Crippen MR) is 89.2 cm³/mol. The molecule has 0 aliphatic heterocycles. The van der Waals surface area contributed by atoms with Gasteiger partial charge in [0, 0.05) is 0 Å². The lowest BCUT2D eigenvalue weighted by atomic mass is 10.1. The number of hydrogen-bond acceptors (Lipinski definition) is 0. The van der Waals surface area contributed by atoms with Gasteiger partial charge in [-0.15, -0.1) is 22.2 Å². The van der Waals surface area contributed by atoms with Crippen molar-refractivity contribution in [1.82, 2.24) is 0 Å². The molecule has 0 amide bonds. The van der Waals surface area contributed by atoms with Gasteiger partial charge in [0.15, 0.2) is 0 Å². The van der Waals surface area contributed by atoms with Crippen molar-refractivity contribution in [3.63, 3.8) is 0 Å². The van der Waals surface area contributed by atoms with Crippen LogP contribution in [0.5, 0.6) is 0 Å². The lowest BCUT2D eigenvalue weighted by Crippen LogP contribution is -2.11. The normalized spacial score (nSPS) is 12.0. The Bertz CT molecular complexity index is 166. The van der Waals surface area contributed by atoms with E-state index in [0.717, 1.165) is 6.04 Å². The lowest BCUT2D eigenvalue weighted by molar-refractivity contribution is 0.547. The van der Waals surface area contributed by atoms with Crippen LogP contribution in [0, 0.1) is 0 Å². The first kappa shape index (κ1) is 18.8. The summed E-state index contributed by atoms with van der Waals surface area (Å²) in [5.74, 6) is 0. The number of hydrogen-bond donors (Lipinski definition) is 0. The van der Waals surface area contributed by atoms with Gasteiger partial charge >= 0.3 is 0 Å². The Hall–Kier alpha value is 0.797. The Kier molecular flexibility index (Phi) is 13.4. The maximum absolute atomic E-state index is 6.07. The van der Waals surface area contributed by atoms with Crippen LogP contribution in [-0.2, 0) is 0 Å². The van der Waals surface area contributed by atoms with Gasteiger partial charge < -0.3 is 0 Å². The first-order valence-corrected chi connectivity index (χ1v) is 12.7. The van der Waals surface area contributed by atoms with Crippen molar-refractivity contribution in [3.05, 3.63) is 0 Å². The molecule has 0 aromatic rings. The summed E-state index contributed by atoms with van der Waals surface area (Å²) in [6.45, 7) is 2.49. The fraction of sp³-hybridized carbons (Fsp3) is 1.00. The highest BCUT2D eigenvalue weighted by Gasteiger charge is 2.19. The van der Waals surface area contributed by atoms with Crippen LogP contribution in [0.3, 0.4) is 0 Å². The van der Waals surface area contributed by atoms with E-state index < -0.39 is 6.69 Å². The second kappa shape index (κ2) is 12.8. The fourth-order valence-corrected chi connectivity index (χ4v) is 3.95. The average Bonchev–Trinajstić information content (AvgIpc) is 2.29. The largest absolute Gasteiger partial charge is 0.248 e. The molecule has 0 spiro atoms. The van der Waals surface area contributed by atoms with Gasteiger partial charge in [-0.3, -0.25) is 0 Å². The van der Waals surface area contributed by atoms with E-state index in [2.05, 4.69) is 6.92 Å². The highest BCUT2D eigenvalue weighted by molar-refractivity contribution is 7.44. The molecule has 110 valence electrons. The van der Waals surface area contributed by atoms with E-state index in [1.807, 2.05) is 6.55 Å². The van der Waals surface area contributed by atoms with E-state index in [1.54, 1.807) is 0 Å². The summed E-state index contributed by atoms with van der Waals surface area (Å²) >= 11 is 12.1. The topological polar surface area (TPSA) is 0 Å². The highest BCUT2D eigenvalue weighted by Crippen LogP contribution is 2.23. The highest BCUT2D eigenvalue weighted by atomic mass is 35.7. The zero-order valence-corrected chi connectivity index (χ0v) is 15.0. The minimum Gasteiger partial charge on any atom is -0.146 e. The van der Waals surface area contributed by atoms with Crippen LogP contribution < -0.4 is 0 Å². The molecule has 0 aliphatic carbocycles. The molecule has 0 radical (unpaired) electrons. The Labute approximate surface area is 125 Å². The zero-order chi connectivity index (χ0) is 13.7. The molecule has 0 rings (SSSR count). The third-order valence-corrected chi connectivity index (χ3v) is 5.83. The summed E-state index contributed by atoms with van der Waals surface area (Å²) in [5, 5.41) is 0. The molecule has 0 nitrogen and oxygen atoms in total. The third-order valence-electron chi connectivity index (χ3n) is 3.47. The molecule has 0 N–H and O–H groups in total. The van der Waals surface area contributed by atoms with Crippen molar-refractivity contribution >= 4 is 28.9 Å². The van der Waals surface area contributed by atoms with Crippen LogP contribution in [-0.4, -0.2) is 6.69 Å². The third kappa shape index (κ3) is 16.8. The maximum atomic E-state index is 6.07. The Morgan fingerprint density at radius 2 is 0.944 bits per heavy atom. The molecule has 0 saturated heterocycles. The van der Waals surface area contributed by atoms with E-state index in [-0.39, 0.29) is 0 Å². The van der Waals surface area contributed by atoms with Crippen molar-refractivity contribution in [2.24, 2.45) is 0 Å².